The van der Waals surface area contributed by atoms with E-state index in [0.29, 0.717) is 25.2 Å². The summed E-state index contributed by atoms with van der Waals surface area (Å²) in [4.78, 5) is 21.5. The molecule has 1 aliphatic heterocycles. The van der Waals surface area contributed by atoms with Crippen LogP contribution in [0.25, 0.3) is 11.0 Å². The van der Waals surface area contributed by atoms with E-state index in [2.05, 4.69) is 9.88 Å². The van der Waals surface area contributed by atoms with Gasteiger partial charge in [0.25, 0.3) is 5.91 Å². The molecule has 6 nitrogen and oxygen atoms in total. The molecular formula is C21H23FN4O2. The molecule has 2 heterocycles. The van der Waals surface area contributed by atoms with Crippen molar-refractivity contribution in [1.82, 2.24) is 19.4 Å². The Labute approximate surface area is 163 Å². The summed E-state index contributed by atoms with van der Waals surface area (Å²) in [6.07, 6.45) is 1.73. The van der Waals surface area contributed by atoms with Gasteiger partial charge >= 0.3 is 0 Å². The molecule has 1 aromatic heterocycles. The topological polar surface area (TPSA) is 50.6 Å². The Bertz CT molecular complexity index is 1010. The zero-order valence-electron chi connectivity index (χ0n) is 16.1. The number of carbonyl (C=O) groups excluding carboxylic acids is 1. The predicted molar refractivity (Wildman–Crippen MR) is 105 cm³/mol. The second-order valence-electron chi connectivity index (χ2n) is 7.07. The maximum absolute atomic E-state index is 13.9. The molecular weight excluding hydrogens is 359 g/mol. The minimum absolute atomic E-state index is 0.0134. The summed E-state index contributed by atoms with van der Waals surface area (Å²) in [5, 5.41) is 0. The van der Waals surface area contributed by atoms with Crippen LogP contribution in [-0.2, 0) is 13.6 Å². The van der Waals surface area contributed by atoms with Gasteiger partial charge in [-0.15, -0.1) is 0 Å². The van der Waals surface area contributed by atoms with E-state index in [1.807, 2.05) is 40.8 Å². The van der Waals surface area contributed by atoms with Crippen molar-refractivity contribution in [3.8, 4) is 5.75 Å². The second kappa shape index (κ2) is 7.59. The number of carbonyl (C=O) groups is 1. The first-order valence-corrected chi connectivity index (χ1v) is 9.31. The summed E-state index contributed by atoms with van der Waals surface area (Å²) in [6.45, 7) is 3.43. The number of aromatic nitrogens is 2. The van der Waals surface area contributed by atoms with Gasteiger partial charge in [-0.2, -0.15) is 0 Å². The number of imidazole rings is 1. The summed E-state index contributed by atoms with van der Waals surface area (Å²) >= 11 is 0. The van der Waals surface area contributed by atoms with E-state index in [1.54, 1.807) is 12.4 Å². The SMILES string of the molecule is COc1ccc(CN2CCN(C(=O)c3cccc4c3ncn4C)CC2)cc1F. The number of hydrogen-bond acceptors (Lipinski definition) is 4. The van der Waals surface area contributed by atoms with E-state index >= 15 is 0 Å². The molecule has 4 rings (SSSR count). The maximum Gasteiger partial charge on any atom is 0.256 e. The van der Waals surface area contributed by atoms with Gasteiger partial charge in [0.1, 0.15) is 5.52 Å². The highest BCUT2D eigenvalue weighted by atomic mass is 19.1. The first-order chi connectivity index (χ1) is 13.6. The molecule has 7 heteroatoms. The number of hydrogen-bond donors (Lipinski definition) is 0. The van der Waals surface area contributed by atoms with Crippen molar-refractivity contribution in [3.05, 3.63) is 59.7 Å². The molecule has 0 unspecified atom stereocenters. The van der Waals surface area contributed by atoms with Crippen LogP contribution in [0, 0.1) is 5.82 Å². The highest BCUT2D eigenvalue weighted by Gasteiger charge is 2.24. The number of para-hydroxylation sites is 1. The molecule has 146 valence electrons. The number of ether oxygens (including phenoxy) is 1. The van der Waals surface area contributed by atoms with Crippen molar-refractivity contribution in [2.24, 2.45) is 7.05 Å². The first kappa shape index (κ1) is 18.4. The number of rotatable bonds is 4. The van der Waals surface area contributed by atoms with Crippen molar-refractivity contribution in [2.45, 2.75) is 6.54 Å². The molecule has 0 N–H and O–H groups in total. The predicted octanol–water partition coefficient (Wildman–Crippen LogP) is 2.68. The summed E-state index contributed by atoms with van der Waals surface area (Å²) < 4.78 is 20.8. The molecule has 0 aliphatic carbocycles. The average Bonchev–Trinajstić information content (AvgIpc) is 3.09. The highest BCUT2D eigenvalue weighted by Crippen LogP contribution is 2.21. The van der Waals surface area contributed by atoms with Gasteiger partial charge in [-0.05, 0) is 29.8 Å². The fraction of sp³-hybridized carbons (Fsp3) is 0.333. The van der Waals surface area contributed by atoms with Crippen LogP contribution in [0.2, 0.25) is 0 Å². The fourth-order valence-electron chi connectivity index (χ4n) is 3.68. The molecule has 28 heavy (non-hydrogen) atoms. The smallest absolute Gasteiger partial charge is 0.256 e. The zero-order valence-corrected chi connectivity index (χ0v) is 16.1. The number of aryl methyl sites for hydroxylation is 1. The summed E-state index contributed by atoms with van der Waals surface area (Å²) in [5.74, 6) is -0.0837. The Kier molecular flexibility index (Phi) is 5.00. The molecule has 0 spiro atoms. The van der Waals surface area contributed by atoms with Crippen LogP contribution in [0.1, 0.15) is 15.9 Å². The highest BCUT2D eigenvalue weighted by molar-refractivity contribution is 6.04. The second-order valence-corrected chi connectivity index (χ2v) is 7.07. The Morgan fingerprint density at radius 2 is 1.96 bits per heavy atom. The van der Waals surface area contributed by atoms with E-state index in [0.717, 1.165) is 29.7 Å². The van der Waals surface area contributed by atoms with Crippen LogP contribution in [0.15, 0.2) is 42.7 Å². The number of amides is 1. The lowest BCUT2D eigenvalue weighted by Gasteiger charge is -2.34. The number of fused-ring (bicyclic) bond motifs is 1. The van der Waals surface area contributed by atoms with Crippen LogP contribution in [0.4, 0.5) is 4.39 Å². The number of nitrogens with zero attached hydrogens (tertiary/aromatic N) is 4. The number of benzene rings is 2. The third kappa shape index (κ3) is 3.45. The monoisotopic (exact) mass is 382 g/mol. The van der Waals surface area contributed by atoms with Gasteiger partial charge in [0.15, 0.2) is 11.6 Å². The average molecular weight is 382 g/mol. The van der Waals surface area contributed by atoms with Gasteiger partial charge in [0.2, 0.25) is 0 Å². The summed E-state index contributed by atoms with van der Waals surface area (Å²) in [5.41, 5.74) is 3.23. The zero-order chi connectivity index (χ0) is 19.7. The largest absolute Gasteiger partial charge is 0.494 e. The Morgan fingerprint density at radius 3 is 2.68 bits per heavy atom. The maximum atomic E-state index is 13.9. The standard InChI is InChI=1S/C21H23FN4O2/c1-24-14-23-20-16(4-3-5-18(20)24)21(27)26-10-8-25(9-11-26)13-15-6-7-19(28-2)17(22)12-15/h3-7,12,14H,8-11,13H2,1-2H3. The van der Waals surface area contributed by atoms with Crippen molar-refractivity contribution in [1.29, 1.82) is 0 Å². The van der Waals surface area contributed by atoms with E-state index in [4.69, 9.17) is 4.74 Å². The van der Waals surface area contributed by atoms with E-state index in [1.165, 1.54) is 13.2 Å². The lowest BCUT2D eigenvalue weighted by molar-refractivity contribution is 0.0630. The lowest BCUT2D eigenvalue weighted by Crippen LogP contribution is -2.48. The molecule has 0 radical (unpaired) electrons. The van der Waals surface area contributed by atoms with Crippen molar-refractivity contribution in [2.75, 3.05) is 33.3 Å². The molecule has 1 saturated heterocycles. The number of piperazine rings is 1. The minimum atomic E-state index is -0.350. The fourth-order valence-corrected chi connectivity index (χ4v) is 3.68. The van der Waals surface area contributed by atoms with Crippen molar-refractivity contribution in [3.63, 3.8) is 0 Å². The van der Waals surface area contributed by atoms with E-state index in [9.17, 15) is 9.18 Å². The first-order valence-electron chi connectivity index (χ1n) is 9.31. The molecule has 0 saturated carbocycles. The third-order valence-electron chi connectivity index (χ3n) is 5.27. The summed E-state index contributed by atoms with van der Waals surface area (Å²) in [7, 11) is 3.38. The molecule has 0 atom stereocenters. The molecule has 1 amide bonds. The van der Waals surface area contributed by atoms with Crippen LogP contribution in [0.5, 0.6) is 5.75 Å². The van der Waals surface area contributed by atoms with Gasteiger partial charge in [0.05, 0.1) is 24.5 Å². The van der Waals surface area contributed by atoms with E-state index in [-0.39, 0.29) is 17.5 Å². The van der Waals surface area contributed by atoms with Crippen LogP contribution in [0.3, 0.4) is 0 Å². The lowest BCUT2D eigenvalue weighted by atomic mass is 10.1. The Hall–Kier alpha value is -2.93. The molecule has 1 aliphatic rings. The Morgan fingerprint density at radius 1 is 1.18 bits per heavy atom. The van der Waals surface area contributed by atoms with Crippen LogP contribution < -0.4 is 4.74 Å². The van der Waals surface area contributed by atoms with Gasteiger partial charge in [-0.3, -0.25) is 9.69 Å². The number of halogens is 1. The molecule has 1 fully saturated rings. The molecule has 3 aromatic rings. The van der Waals surface area contributed by atoms with Crippen molar-refractivity contribution >= 4 is 16.9 Å². The van der Waals surface area contributed by atoms with Crippen LogP contribution >= 0.6 is 0 Å². The minimum Gasteiger partial charge on any atom is -0.494 e. The third-order valence-corrected chi connectivity index (χ3v) is 5.27. The summed E-state index contributed by atoms with van der Waals surface area (Å²) in [6, 6.07) is 10.7. The quantitative estimate of drug-likeness (QED) is 0.696. The number of methoxy groups -OCH3 is 1. The molecule has 0 bridgehead atoms. The Balaban J connectivity index is 1.41. The van der Waals surface area contributed by atoms with E-state index < -0.39 is 0 Å². The van der Waals surface area contributed by atoms with Gasteiger partial charge in [-0.25, -0.2) is 9.37 Å². The van der Waals surface area contributed by atoms with Gasteiger partial charge < -0.3 is 14.2 Å². The molecule has 2 aromatic carbocycles. The van der Waals surface area contributed by atoms with Gasteiger partial charge in [0, 0.05) is 39.8 Å². The van der Waals surface area contributed by atoms with Crippen molar-refractivity contribution < 1.29 is 13.9 Å². The normalized spacial score (nSPS) is 15.2. The van der Waals surface area contributed by atoms with Gasteiger partial charge in [-0.1, -0.05) is 12.1 Å². The van der Waals surface area contributed by atoms with Crippen LogP contribution in [-0.4, -0.2) is 58.5 Å².